The minimum atomic E-state index is 0. The van der Waals surface area contributed by atoms with Crippen molar-refractivity contribution >= 4 is 65.2 Å². The summed E-state index contributed by atoms with van der Waals surface area (Å²) in [4.78, 5) is 5.41. The predicted molar refractivity (Wildman–Crippen MR) is 228 cm³/mol. The maximum Gasteiger partial charge on any atom is 0.177 e. The van der Waals surface area contributed by atoms with Gasteiger partial charge in [-0.3, -0.25) is 9.80 Å². The molecule has 0 amide bonds. The van der Waals surface area contributed by atoms with Crippen LogP contribution in [0.2, 0.25) is 0 Å². The van der Waals surface area contributed by atoms with E-state index in [-0.39, 0.29) is 24.8 Å². The van der Waals surface area contributed by atoms with Gasteiger partial charge in [0.1, 0.15) is 11.5 Å². The second-order valence-electron chi connectivity index (χ2n) is 16.5. The Morgan fingerprint density at radius 3 is 1.31 bits per heavy atom. The second kappa shape index (κ2) is 16.6. The molecule has 10 rings (SSSR count). The molecule has 0 spiro atoms. The van der Waals surface area contributed by atoms with Gasteiger partial charge in [0.15, 0.2) is 37.9 Å². The van der Waals surface area contributed by atoms with Crippen LogP contribution in [0.25, 0.3) is 65.2 Å². The molecule has 8 aromatic rings. The highest BCUT2D eigenvalue weighted by atomic mass is 35.5. The summed E-state index contributed by atoms with van der Waals surface area (Å²) in [6.45, 7) is 9.13. The topological polar surface area (TPSA) is 42.6 Å². The normalized spacial score (nSPS) is 16.1. The Morgan fingerprint density at radius 1 is 0.517 bits per heavy atom. The molecule has 58 heavy (non-hydrogen) atoms. The first-order valence-electron chi connectivity index (χ1n) is 20.7. The third-order valence-corrected chi connectivity index (χ3v) is 13.7. The molecule has 0 atom stereocenters. The number of hydrogen-bond acceptors (Lipinski definition) is 4. The lowest BCUT2D eigenvalue weighted by Crippen LogP contribution is -3.00. The predicted octanol–water partition coefficient (Wildman–Crippen LogP) is 2.01. The molecule has 0 unspecified atom stereocenters. The molecule has 4 aromatic heterocycles. The van der Waals surface area contributed by atoms with Crippen molar-refractivity contribution in [1.82, 2.24) is 18.9 Å². The van der Waals surface area contributed by atoms with Crippen LogP contribution >= 0.6 is 0 Å². The zero-order valence-electron chi connectivity index (χ0n) is 34.1. The summed E-state index contributed by atoms with van der Waals surface area (Å²) in [6, 6.07) is 26.5. The van der Waals surface area contributed by atoms with Crippen molar-refractivity contribution in [2.45, 2.75) is 38.8 Å². The van der Waals surface area contributed by atoms with E-state index in [1.54, 1.807) is 14.2 Å². The van der Waals surface area contributed by atoms with Crippen molar-refractivity contribution in [3.8, 4) is 11.5 Å². The molecule has 2 saturated heterocycles. The van der Waals surface area contributed by atoms with Gasteiger partial charge in [-0.1, -0.05) is 12.1 Å². The van der Waals surface area contributed by atoms with Crippen LogP contribution in [0.1, 0.15) is 25.7 Å². The summed E-state index contributed by atoms with van der Waals surface area (Å²) >= 11 is 0. The van der Waals surface area contributed by atoms with Gasteiger partial charge in [0, 0.05) is 69.8 Å². The Kier molecular flexibility index (Phi) is 11.5. The highest BCUT2D eigenvalue weighted by molar-refractivity contribution is 6.21. The lowest BCUT2D eigenvalue weighted by atomic mass is 9.79. The Bertz CT molecular complexity index is 2570. The van der Waals surface area contributed by atoms with E-state index < -0.39 is 0 Å². The van der Waals surface area contributed by atoms with E-state index in [4.69, 9.17) is 9.47 Å². The summed E-state index contributed by atoms with van der Waals surface area (Å²) in [5.74, 6) is 3.55. The number of rotatable bonds is 9. The Hall–Kier alpha value is -4.60. The quantitative estimate of drug-likeness (QED) is 0.210. The summed E-state index contributed by atoms with van der Waals surface area (Å²) in [6.07, 6.45) is 14.6. The first-order valence-corrected chi connectivity index (χ1v) is 20.7. The fraction of sp³-hybridized carbons (Fsp3) is 0.375. The SMILES string of the molecule is COc1ccc2c(c1)c1c3c[n+](CCN4CCC(C5CCN(CC[n+]6ccc7ccc8c(c7c6)c6cc(OC)ccc6n8C)CC5)CC4)ccc3ccc1n2C.[Cl-].[Cl-]. The van der Waals surface area contributed by atoms with Crippen LogP contribution in [-0.2, 0) is 27.2 Å². The van der Waals surface area contributed by atoms with Gasteiger partial charge in [0.05, 0.1) is 38.1 Å². The van der Waals surface area contributed by atoms with Gasteiger partial charge in [-0.25, -0.2) is 9.13 Å². The molecule has 0 bridgehead atoms. The Balaban J connectivity index is 0.00000235. The molecule has 6 heterocycles. The summed E-state index contributed by atoms with van der Waals surface area (Å²) in [5.41, 5.74) is 5.00. The molecule has 4 aromatic carbocycles. The molecule has 0 saturated carbocycles. The van der Waals surface area contributed by atoms with E-state index >= 15 is 0 Å². The average molecular weight is 818 g/mol. The zero-order valence-corrected chi connectivity index (χ0v) is 35.6. The van der Waals surface area contributed by atoms with E-state index in [9.17, 15) is 0 Å². The smallest absolute Gasteiger partial charge is 0.177 e. The number of ether oxygens (including phenoxy) is 2. The van der Waals surface area contributed by atoms with Gasteiger partial charge in [-0.2, -0.15) is 0 Å². The monoisotopic (exact) mass is 816 g/mol. The third-order valence-electron chi connectivity index (χ3n) is 13.7. The summed E-state index contributed by atoms with van der Waals surface area (Å²) < 4.78 is 20.6. The number of nitrogens with zero attached hydrogens (tertiary/aromatic N) is 6. The molecule has 0 radical (unpaired) electrons. The molecule has 302 valence electrons. The minimum absolute atomic E-state index is 0. The van der Waals surface area contributed by atoms with Crippen LogP contribution in [-0.4, -0.2) is 72.4 Å². The van der Waals surface area contributed by atoms with Gasteiger partial charge in [0.25, 0.3) is 0 Å². The number of fused-ring (bicyclic) bond motifs is 10. The highest BCUT2D eigenvalue weighted by Crippen LogP contribution is 2.37. The van der Waals surface area contributed by atoms with E-state index in [2.05, 4.69) is 140 Å². The maximum atomic E-state index is 5.61. The van der Waals surface area contributed by atoms with Gasteiger partial charge in [-0.05, 0) is 123 Å². The molecule has 2 fully saturated rings. The third kappa shape index (κ3) is 7.12. The van der Waals surface area contributed by atoms with Crippen molar-refractivity contribution in [2.75, 3.05) is 53.5 Å². The molecule has 0 aliphatic carbocycles. The number of halogens is 2. The zero-order chi connectivity index (χ0) is 37.9. The van der Waals surface area contributed by atoms with E-state index in [0.717, 1.165) is 49.5 Å². The highest BCUT2D eigenvalue weighted by Gasteiger charge is 2.30. The second-order valence-corrected chi connectivity index (χ2v) is 16.5. The molecule has 10 heteroatoms. The Morgan fingerprint density at radius 2 is 0.914 bits per heavy atom. The number of pyridine rings is 2. The average Bonchev–Trinajstić information content (AvgIpc) is 3.71. The number of aryl methyl sites for hydroxylation is 2. The van der Waals surface area contributed by atoms with Gasteiger partial charge in [-0.15, -0.1) is 0 Å². The first kappa shape index (κ1) is 40.2. The van der Waals surface area contributed by atoms with Crippen LogP contribution in [0.4, 0.5) is 0 Å². The number of hydrogen-bond donors (Lipinski definition) is 0. The number of piperidine rings is 2. The van der Waals surface area contributed by atoms with Crippen molar-refractivity contribution < 1.29 is 43.4 Å². The first-order chi connectivity index (χ1) is 27.4. The van der Waals surface area contributed by atoms with Gasteiger partial charge in [0.2, 0.25) is 0 Å². The van der Waals surface area contributed by atoms with Gasteiger partial charge >= 0.3 is 0 Å². The number of benzene rings is 4. The lowest BCUT2D eigenvalue weighted by Gasteiger charge is -2.39. The number of aromatic nitrogens is 4. The molecule has 8 nitrogen and oxygen atoms in total. The molecular weight excluding hydrogens is 763 g/mol. The van der Waals surface area contributed by atoms with Gasteiger partial charge < -0.3 is 43.4 Å². The summed E-state index contributed by atoms with van der Waals surface area (Å²) in [7, 11) is 7.83. The van der Waals surface area contributed by atoms with Crippen molar-refractivity contribution in [3.05, 3.63) is 97.6 Å². The maximum absolute atomic E-state index is 5.61. The van der Waals surface area contributed by atoms with Crippen molar-refractivity contribution in [3.63, 3.8) is 0 Å². The Labute approximate surface area is 353 Å². The molecule has 2 aliphatic heterocycles. The van der Waals surface area contributed by atoms with Crippen LogP contribution in [0.15, 0.2) is 97.6 Å². The van der Waals surface area contributed by atoms with E-state index in [1.807, 2.05) is 0 Å². The molecule has 0 N–H and O–H groups in total. The van der Waals surface area contributed by atoms with Crippen LogP contribution < -0.4 is 43.4 Å². The van der Waals surface area contributed by atoms with E-state index in [0.29, 0.717) is 0 Å². The van der Waals surface area contributed by atoms with Crippen LogP contribution in [0, 0.1) is 11.8 Å². The lowest BCUT2D eigenvalue weighted by molar-refractivity contribution is -0.695. The van der Waals surface area contributed by atoms with E-state index in [1.165, 1.54) is 117 Å². The molecule has 2 aliphatic rings. The number of likely N-dealkylation sites (tertiary alicyclic amines) is 2. The fourth-order valence-corrected chi connectivity index (χ4v) is 10.3. The van der Waals surface area contributed by atoms with Crippen LogP contribution in [0.3, 0.4) is 0 Å². The number of methoxy groups -OCH3 is 2. The largest absolute Gasteiger partial charge is 1.00 e. The van der Waals surface area contributed by atoms with Crippen molar-refractivity contribution in [2.24, 2.45) is 25.9 Å². The fourth-order valence-electron chi connectivity index (χ4n) is 10.3. The van der Waals surface area contributed by atoms with Crippen LogP contribution in [0.5, 0.6) is 11.5 Å². The standard InChI is InChI=1S/C48H54N6O2.2ClH/c1-49-43-11-7-37(55-3)29-39(43)47-41-31-53(23-17-35(41)5-9-45(47)49)27-25-51-19-13-33(14-20-51)34-15-21-52(22-16-34)26-28-54-24-18-36-6-10-46-48(42(36)32-54)40-30-38(56-4)8-12-44(40)50(46)2;;/h5-12,17-18,23-24,29-34H,13-16,19-22,25-28H2,1-4H3;2*1H/q+2;;/p-2. The molecular formula is C48H54Cl2N6O2. The summed E-state index contributed by atoms with van der Waals surface area (Å²) in [5, 5.41) is 10.3. The van der Waals surface area contributed by atoms with Crippen molar-refractivity contribution in [1.29, 1.82) is 0 Å². The minimum Gasteiger partial charge on any atom is -1.00 e.